The minimum absolute atomic E-state index is 0.770. The van der Waals surface area contributed by atoms with Crippen LogP contribution in [-0.4, -0.2) is 31.7 Å². The van der Waals surface area contributed by atoms with Crippen LogP contribution in [0.15, 0.2) is 24.3 Å². The number of hydrogen-bond donors (Lipinski definition) is 1. The molecule has 1 aliphatic rings. The maximum absolute atomic E-state index is 4.68. The van der Waals surface area contributed by atoms with Gasteiger partial charge in [-0.05, 0) is 37.6 Å². The van der Waals surface area contributed by atoms with Crippen LogP contribution in [0.5, 0.6) is 0 Å². The van der Waals surface area contributed by atoms with E-state index in [1.54, 1.807) is 11.3 Å². The molecule has 17 heavy (non-hydrogen) atoms. The highest BCUT2D eigenvalue weighted by Crippen LogP contribution is 2.28. The minimum atomic E-state index is 0.770. The van der Waals surface area contributed by atoms with E-state index in [1.165, 1.54) is 17.7 Å². The number of anilines is 1. The quantitative estimate of drug-likeness (QED) is 0.902. The molecule has 3 nitrogen and oxygen atoms in total. The molecule has 2 aromatic rings. The topological polar surface area (TPSA) is 28.2 Å². The van der Waals surface area contributed by atoms with Gasteiger partial charge in [0.25, 0.3) is 0 Å². The van der Waals surface area contributed by atoms with Crippen molar-refractivity contribution in [2.45, 2.75) is 6.42 Å². The van der Waals surface area contributed by atoms with Crippen molar-refractivity contribution in [2.24, 2.45) is 5.92 Å². The lowest BCUT2D eigenvalue weighted by Crippen LogP contribution is -2.26. The second kappa shape index (κ2) is 4.63. The summed E-state index contributed by atoms with van der Waals surface area (Å²) in [4.78, 5) is 6.97. The van der Waals surface area contributed by atoms with Crippen LogP contribution < -0.4 is 10.2 Å². The molecule has 0 bridgehead atoms. The van der Waals surface area contributed by atoms with Gasteiger partial charge in [0.2, 0.25) is 0 Å². The Morgan fingerprint density at radius 3 is 3.12 bits per heavy atom. The summed E-state index contributed by atoms with van der Waals surface area (Å²) in [5.74, 6) is 0.770. The van der Waals surface area contributed by atoms with E-state index in [0.717, 1.165) is 29.7 Å². The minimum Gasteiger partial charge on any atom is -0.351 e. The van der Waals surface area contributed by atoms with E-state index in [-0.39, 0.29) is 0 Å². The fourth-order valence-corrected chi connectivity index (χ4v) is 3.29. The van der Waals surface area contributed by atoms with E-state index in [1.807, 2.05) is 6.07 Å². The van der Waals surface area contributed by atoms with Gasteiger partial charge in [-0.3, -0.25) is 0 Å². The first-order valence-electron chi connectivity index (χ1n) is 6.10. The summed E-state index contributed by atoms with van der Waals surface area (Å²) < 4.78 is 1.28. The molecule has 1 atom stereocenters. The van der Waals surface area contributed by atoms with Crippen molar-refractivity contribution < 1.29 is 0 Å². The van der Waals surface area contributed by atoms with Gasteiger partial charge in [-0.25, -0.2) is 4.98 Å². The average Bonchev–Trinajstić information content (AvgIpc) is 2.96. The molecule has 2 heterocycles. The Balaban J connectivity index is 1.77. The fourth-order valence-electron chi connectivity index (χ4n) is 2.36. The first-order valence-corrected chi connectivity index (χ1v) is 6.92. The van der Waals surface area contributed by atoms with Crippen molar-refractivity contribution in [1.82, 2.24) is 10.3 Å². The maximum atomic E-state index is 4.68. The second-order valence-corrected chi connectivity index (χ2v) is 5.71. The number of thiazole rings is 1. The summed E-state index contributed by atoms with van der Waals surface area (Å²) in [5.41, 5.74) is 1.11. The smallest absolute Gasteiger partial charge is 0.186 e. The molecule has 0 spiro atoms. The van der Waals surface area contributed by atoms with E-state index >= 15 is 0 Å². The molecular formula is C13H17N3S. The number of fused-ring (bicyclic) bond motifs is 1. The number of benzene rings is 1. The SMILES string of the molecule is CN(C[C@H]1CCNC1)c1nc2ccccc2s1. The summed E-state index contributed by atoms with van der Waals surface area (Å²) in [5, 5.41) is 4.55. The molecule has 1 fully saturated rings. The molecule has 1 aliphatic heterocycles. The Morgan fingerprint density at radius 2 is 2.35 bits per heavy atom. The van der Waals surface area contributed by atoms with Crippen LogP contribution >= 0.6 is 11.3 Å². The Labute approximate surface area is 105 Å². The van der Waals surface area contributed by atoms with Crippen LogP contribution in [0.2, 0.25) is 0 Å². The molecule has 1 aromatic heterocycles. The third-order valence-corrected chi connectivity index (χ3v) is 4.45. The summed E-state index contributed by atoms with van der Waals surface area (Å²) in [6, 6.07) is 8.35. The highest BCUT2D eigenvalue weighted by molar-refractivity contribution is 7.22. The van der Waals surface area contributed by atoms with Crippen LogP contribution in [0.25, 0.3) is 10.2 Å². The third kappa shape index (κ3) is 2.28. The van der Waals surface area contributed by atoms with Crippen LogP contribution in [0.4, 0.5) is 5.13 Å². The third-order valence-electron chi connectivity index (χ3n) is 3.30. The second-order valence-electron chi connectivity index (χ2n) is 4.70. The van der Waals surface area contributed by atoms with Gasteiger partial charge >= 0.3 is 0 Å². The lowest BCUT2D eigenvalue weighted by Gasteiger charge is -2.19. The zero-order valence-corrected chi connectivity index (χ0v) is 10.8. The number of aromatic nitrogens is 1. The van der Waals surface area contributed by atoms with Gasteiger partial charge in [-0.2, -0.15) is 0 Å². The molecule has 1 saturated heterocycles. The van der Waals surface area contributed by atoms with Gasteiger partial charge in [-0.15, -0.1) is 0 Å². The zero-order chi connectivity index (χ0) is 11.7. The van der Waals surface area contributed by atoms with Crippen LogP contribution in [0.1, 0.15) is 6.42 Å². The van der Waals surface area contributed by atoms with Gasteiger partial charge in [-0.1, -0.05) is 23.5 Å². The molecule has 0 saturated carbocycles. The Bertz CT molecular complexity index is 469. The van der Waals surface area contributed by atoms with Crippen molar-refractivity contribution in [3.8, 4) is 0 Å². The van der Waals surface area contributed by atoms with Crippen molar-refractivity contribution in [2.75, 3.05) is 31.6 Å². The Morgan fingerprint density at radius 1 is 1.47 bits per heavy atom. The van der Waals surface area contributed by atoms with Gasteiger partial charge in [0.05, 0.1) is 10.2 Å². The predicted molar refractivity (Wildman–Crippen MR) is 73.9 cm³/mol. The van der Waals surface area contributed by atoms with Gasteiger partial charge in [0.15, 0.2) is 5.13 Å². The van der Waals surface area contributed by atoms with E-state index in [4.69, 9.17) is 0 Å². The zero-order valence-electron chi connectivity index (χ0n) is 10.0. The molecule has 0 unspecified atom stereocenters. The number of nitrogens with zero attached hydrogens (tertiary/aromatic N) is 2. The predicted octanol–water partition coefficient (Wildman–Crippen LogP) is 2.34. The van der Waals surface area contributed by atoms with E-state index < -0.39 is 0 Å². The Kier molecular flexibility index (Phi) is 2.99. The summed E-state index contributed by atoms with van der Waals surface area (Å²) in [6.45, 7) is 3.42. The van der Waals surface area contributed by atoms with E-state index in [9.17, 15) is 0 Å². The highest BCUT2D eigenvalue weighted by atomic mass is 32.1. The number of nitrogens with one attached hydrogen (secondary N) is 1. The summed E-state index contributed by atoms with van der Waals surface area (Å²) in [6.07, 6.45) is 1.29. The number of hydrogen-bond acceptors (Lipinski definition) is 4. The molecule has 0 radical (unpaired) electrons. The van der Waals surface area contributed by atoms with Crippen molar-refractivity contribution in [3.05, 3.63) is 24.3 Å². The monoisotopic (exact) mass is 247 g/mol. The highest BCUT2D eigenvalue weighted by Gasteiger charge is 2.18. The van der Waals surface area contributed by atoms with Crippen LogP contribution in [0.3, 0.4) is 0 Å². The maximum Gasteiger partial charge on any atom is 0.186 e. The summed E-state index contributed by atoms with van der Waals surface area (Å²) in [7, 11) is 2.15. The standard InChI is InChI=1S/C13H17N3S/c1-16(9-10-6-7-14-8-10)13-15-11-4-2-3-5-12(11)17-13/h2-5,10,14H,6-9H2,1H3/t10-/m0/s1. The molecule has 0 aliphatic carbocycles. The van der Waals surface area contributed by atoms with Crippen molar-refractivity contribution in [3.63, 3.8) is 0 Å². The molecule has 1 aromatic carbocycles. The average molecular weight is 247 g/mol. The van der Waals surface area contributed by atoms with Gasteiger partial charge in [0.1, 0.15) is 0 Å². The summed E-state index contributed by atoms with van der Waals surface area (Å²) >= 11 is 1.78. The molecule has 90 valence electrons. The molecule has 1 N–H and O–H groups in total. The Hall–Kier alpha value is -1.13. The molecular weight excluding hydrogens is 230 g/mol. The van der Waals surface area contributed by atoms with Gasteiger partial charge < -0.3 is 10.2 Å². The van der Waals surface area contributed by atoms with Crippen molar-refractivity contribution in [1.29, 1.82) is 0 Å². The first kappa shape index (κ1) is 11.0. The van der Waals surface area contributed by atoms with Crippen molar-refractivity contribution >= 4 is 26.7 Å². The number of para-hydroxylation sites is 1. The lowest BCUT2D eigenvalue weighted by molar-refractivity contribution is 0.578. The normalized spacial score (nSPS) is 19.9. The number of rotatable bonds is 3. The first-order chi connectivity index (χ1) is 8.33. The van der Waals surface area contributed by atoms with Gasteiger partial charge in [0, 0.05) is 13.6 Å². The largest absolute Gasteiger partial charge is 0.351 e. The van der Waals surface area contributed by atoms with Crippen LogP contribution in [-0.2, 0) is 0 Å². The molecule has 4 heteroatoms. The molecule has 0 amide bonds. The fraction of sp³-hybridized carbons (Fsp3) is 0.462. The lowest BCUT2D eigenvalue weighted by atomic mass is 10.1. The van der Waals surface area contributed by atoms with E-state index in [0.29, 0.717) is 0 Å². The molecule has 3 rings (SSSR count). The van der Waals surface area contributed by atoms with E-state index in [2.05, 4.69) is 40.4 Å². The van der Waals surface area contributed by atoms with Crippen LogP contribution in [0, 0.1) is 5.92 Å².